The Labute approximate surface area is 173 Å². The van der Waals surface area contributed by atoms with Gasteiger partial charge in [0.2, 0.25) is 0 Å². The van der Waals surface area contributed by atoms with Crippen molar-refractivity contribution >= 4 is 26.4 Å². The van der Waals surface area contributed by atoms with Crippen LogP contribution in [0.4, 0.5) is 0 Å². The van der Waals surface area contributed by atoms with Crippen molar-refractivity contribution in [3.63, 3.8) is 0 Å². The summed E-state index contributed by atoms with van der Waals surface area (Å²) in [6.07, 6.45) is 22.6. The topological polar surface area (TPSA) is 0 Å². The highest BCUT2D eigenvalue weighted by Crippen LogP contribution is 2.43. The van der Waals surface area contributed by atoms with Crippen molar-refractivity contribution in [3.05, 3.63) is 0 Å². The quantitative estimate of drug-likeness (QED) is 0.194. The van der Waals surface area contributed by atoms with Crippen molar-refractivity contribution in [3.8, 4) is 0 Å². The third kappa shape index (κ3) is 12.7. The van der Waals surface area contributed by atoms with E-state index in [4.69, 9.17) is 0 Å². The minimum atomic E-state index is 0.278. The van der Waals surface area contributed by atoms with Gasteiger partial charge in [0.15, 0.2) is 0 Å². The van der Waals surface area contributed by atoms with Gasteiger partial charge in [-0.3, -0.25) is 0 Å². The van der Waals surface area contributed by atoms with Crippen LogP contribution in [0.1, 0.15) is 118 Å². The summed E-state index contributed by atoms with van der Waals surface area (Å²) in [7, 11) is 6.77. The van der Waals surface area contributed by atoms with E-state index in [-0.39, 0.29) is 7.92 Å². The van der Waals surface area contributed by atoms with Crippen molar-refractivity contribution in [2.45, 2.75) is 128 Å². The Balaban J connectivity index is 4.38. The molecule has 0 N–H and O–H groups in total. The monoisotopic (exact) mass is 420 g/mol. The highest BCUT2D eigenvalue weighted by atomic mass is 31.1. The lowest BCUT2D eigenvalue weighted by atomic mass is 9.92. The van der Waals surface area contributed by atoms with E-state index in [1.54, 1.807) is 0 Å². The molecule has 3 heteroatoms. The molecule has 158 valence electrons. The molecule has 0 saturated heterocycles. The number of hydrogen-bond acceptors (Lipinski definition) is 0. The second kappa shape index (κ2) is 16.1. The van der Waals surface area contributed by atoms with Crippen LogP contribution in [-0.2, 0) is 0 Å². The Hall–Kier alpha value is 1.29. The van der Waals surface area contributed by atoms with Gasteiger partial charge in [0.1, 0.15) is 0 Å². The number of hydrogen-bond donors (Lipinski definition) is 0. The molecule has 2 unspecified atom stereocenters. The zero-order valence-electron chi connectivity index (χ0n) is 18.9. The largest absolute Gasteiger partial charge is 0.131 e. The van der Waals surface area contributed by atoms with Crippen LogP contribution in [-0.4, -0.2) is 28.8 Å². The normalized spacial score (nSPS) is 12.9. The van der Waals surface area contributed by atoms with Gasteiger partial charge in [0, 0.05) is 0 Å². The first kappa shape index (κ1) is 27.3. The summed E-state index contributed by atoms with van der Waals surface area (Å²) < 4.78 is 0. The van der Waals surface area contributed by atoms with E-state index in [1.165, 1.54) is 102 Å². The average Bonchev–Trinajstić information content (AvgIpc) is 2.55. The summed E-state index contributed by atoms with van der Waals surface area (Å²) in [6, 6.07) is 0. The fourth-order valence-electron chi connectivity index (χ4n) is 4.70. The van der Waals surface area contributed by atoms with Crippen LogP contribution in [0.2, 0.25) is 0 Å². The zero-order valence-corrected chi connectivity index (χ0v) is 22.1. The first-order chi connectivity index (χ1) is 12.4. The summed E-state index contributed by atoms with van der Waals surface area (Å²) in [5.74, 6) is 0. The van der Waals surface area contributed by atoms with Crippen LogP contribution in [0.25, 0.3) is 0 Å². The molecule has 0 aliphatic heterocycles. The SMILES string of the molecule is CCCP(CCCC(P)(CCC)CCC)CCCC(P)(CCC)CCC. The van der Waals surface area contributed by atoms with Gasteiger partial charge in [-0.15, -0.1) is 26.4 Å². The predicted molar refractivity (Wildman–Crippen MR) is 135 cm³/mol. The van der Waals surface area contributed by atoms with E-state index < -0.39 is 0 Å². The smallest absolute Gasteiger partial charge is 0.0150 e. The molecule has 0 aromatic heterocycles. The van der Waals surface area contributed by atoms with Crippen LogP contribution in [0.3, 0.4) is 0 Å². The maximum absolute atomic E-state index is 3.25. The molecule has 0 nitrogen and oxygen atoms in total. The molecule has 0 rings (SSSR count). The molecule has 0 saturated carbocycles. The first-order valence-electron chi connectivity index (χ1n) is 11.7. The van der Waals surface area contributed by atoms with Gasteiger partial charge in [-0.25, -0.2) is 0 Å². The molecule has 0 aromatic rings. The molecule has 0 heterocycles. The van der Waals surface area contributed by atoms with E-state index in [9.17, 15) is 0 Å². The summed E-state index contributed by atoms with van der Waals surface area (Å²) >= 11 is 0. The van der Waals surface area contributed by atoms with Crippen LogP contribution in [0, 0.1) is 0 Å². The molecule has 2 atom stereocenters. The van der Waals surface area contributed by atoms with Crippen LogP contribution in [0.15, 0.2) is 0 Å². The molecule has 0 spiro atoms. The predicted octanol–water partition coefficient (Wildman–Crippen LogP) is 8.87. The maximum Gasteiger partial charge on any atom is -0.0150 e. The second-order valence-corrected chi connectivity index (χ2v) is 13.9. The highest BCUT2D eigenvalue weighted by Gasteiger charge is 2.24. The van der Waals surface area contributed by atoms with Gasteiger partial charge in [0.25, 0.3) is 0 Å². The average molecular weight is 421 g/mol. The lowest BCUT2D eigenvalue weighted by Gasteiger charge is -2.31. The molecule has 0 amide bonds. The molecule has 26 heavy (non-hydrogen) atoms. The summed E-state index contributed by atoms with van der Waals surface area (Å²) in [5.41, 5.74) is 0. The second-order valence-electron chi connectivity index (χ2n) is 8.77. The van der Waals surface area contributed by atoms with Gasteiger partial charge in [-0.2, -0.15) is 0 Å². The van der Waals surface area contributed by atoms with Crippen LogP contribution < -0.4 is 0 Å². The fourth-order valence-corrected chi connectivity index (χ4v) is 8.78. The molecule has 0 bridgehead atoms. The maximum atomic E-state index is 3.25. The third-order valence-corrected chi connectivity index (χ3v) is 10.5. The summed E-state index contributed by atoms with van der Waals surface area (Å²) in [4.78, 5) is 0. The van der Waals surface area contributed by atoms with Crippen molar-refractivity contribution in [2.75, 3.05) is 18.5 Å². The Bertz CT molecular complexity index is 277. The number of rotatable bonds is 18. The lowest BCUT2D eigenvalue weighted by molar-refractivity contribution is 0.452. The first-order valence-corrected chi connectivity index (χ1v) is 14.7. The summed E-state index contributed by atoms with van der Waals surface area (Å²) in [6.45, 7) is 11.8. The van der Waals surface area contributed by atoms with E-state index >= 15 is 0 Å². The zero-order chi connectivity index (χ0) is 19.9. The standard InChI is InChI=1S/C23H51P3/c1-6-13-22(24,14-7-2)17-11-20-26(19-10-5)21-12-18-23(25,15-8-3)16-9-4/h6-21,24-25H2,1-5H3. The fraction of sp³-hybridized carbons (Fsp3) is 1.00. The van der Waals surface area contributed by atoms with E-state index in [2.05, 4.69) is 53.1 Å². The Morgan fingerprint density at radius 3 is 1.12 bits per heavy atom. The van der Waals surface area contributed by atoms with Crippen molar-refractivity contribution in [2.24, 2.45) is 0 Å². The van der Waals surface area contributed by atoms with Crippen LogP contribution >= 0.6 is 26.4 Å². The van der Waals surface area contributed by atoms with E-state index in [0.717, 1.165) is 0 Å². The van der Waals surface area contributed by atoms with Gasteiger partial charge in [0.05, 0.1) is 0 Å². The minimum Gasteiger partial charge on any atom is -0.131 e. The molecule has 0 fully saturated rings. The van der Waals surface area contributed by atoms with Gasteiger partial charge in [-0.05, 0) is 80.2 Å². The molecule has 0 radical (unpaired) electrons. The molecular weight excluding hydrogens is 369 g/mol. The minimum absolute atomic E-state index is 0.278. The van der Waals surface area contributed by atoms with Gasteiger partial charge < -0.3 is 0 Å². The Morgan fingerprint density at radius 2 is 0.846 bits per heavy atom. The molecular formula is C23H51P3. The van der Waals surface area contributed by atoms with E-state index in [1.807, 2.05) is 0 Å². The van der Waals surface area contributed by atoms with Gasteiger partial charge >= 0.3 is 0 Å². The van der Waals surface area contributed by atoms with Crippen LogP contribution in [0.5, 0.6) is 0 Å². The highest BCUT2D eigenvalue weighted by molar-refractivity contribution is 7.57. The Kier molecular flexibility index (Phi) is 16.9. The lowest BCUT2D eigenvalue weighted by Crippen LogP contribution is -2.21. The third-order valence-electron chi connectivity index (χ3n) is 5.83. The molecule has 0 aliphatic rings. The van der Waals surface area contributed by atoms with Crippen molar-refractivity contribution in [1.82, 2.24) is 0 Å². The van der Waals surface area contributed by atoms with Crippen molar-refractivity contribution < 1.29 is 0 Å². The van der Waals surface area contributed by atoms with Crippen molar-refractivity contribution in [1.29, 1.82) is 0 Å². The van der Waals surface area contributed by atoms with E-state index in [0.29, 0.717) is 10.3 Å². The Morgan fingerprint density at radius 1 is 0.500 bits per heavy atom. The molecule has 0 aromatic carbocycles. The van der Waals surface area contributed by atoms with Gasteiger partial charge in [-0.1, -0.05) is 66.7 Å². The summed E-state index contributed by atoms with van der Waals surface area (Å²) in [5, 5.41) is 1.07. The molecule has 0 aliphatic carbocycles.